The fourth-order valence-corrected chi connectivity index (χ4v) is 9.07. The van der Waals surface area contributed by atoms with Crippen LogP contribution < -0.4 is 4.90 Å². The Morgan fingerprint density at radius 3 is 1.79 bits per heavy atom. The second-order valence-electron chi connectivity index (χ2n) is 14.2. The molecule has 2 heterocycles. The molecule has 1 aliphatic carbocycles. The Balaban J connectivity index is 1.20. The van der Waals surface area contributed by atoms with Gasteiger partial charge in [-0.15, -0.1) is 0 Å². The van der Waals surface area contributed by atoms with E-state index in [2.05, 4.69) is 192 Å². The third-order valence-electron chi connectivity index (χ3n) is 11.5. The average Bonchev–Trinajstić information content (AvgIpc) is 3.85. The summed E-state index contributed by atoms with van der Waals surface area (Å²) in [5, 5.41) is 4.67. The van der Waals surface area contributed by atoms with Gasteiger partial charge in [-0.3, -0.25) is 0 Å². The zero-order valence-electron chi connectivity index (χ0n) is 29.2. The summed E-state index contributed by atoms with van der Waals surface area (Å²) in [6, 6.07) is 68.1. The van der Waals surface area contributed by atoms with Crippen LogP contribution in [0.3, 0.4) is 0 Å². The smallest absolute Gasteiger partial charge is 0.137 e. The highest BCUT2D eigenvalue weighted by atomic mass is 16.3. The molecule has 0 saturated heterocycles. The van der Waals surface area contributed by atoms with Crippen LogP contribution in [0.25, 0.3) is 60.6 Å². The van der Waals surface area contributed by atoms with Crippen molar-refractivity contribution in [3.8, 4) is 16.8 Å². The summed E-state index contributed by atoms with van der Waals surface area (Å²) in [7, 11) is 0. The summed E-state index contributed by atoms with van der Waals surface area (Å²) >= 11 is 0. The minimum atomic E-state index is -0.390. The van der Waals surface area contributed by atoms with Gasteiger partial charge in [-0.25, -0.2) is 0 Å². The summed E-state index contributed by atoms with van der Waals surface area (Å²) in [5.74, 6) is 0. The molecular formula is C50H34N2O. The first-order chi connectivity index (χ1) is 26.2. The SMILES string of the molecule is CC1(c2ccccc2N(c2ccc3c(c2)oc2ccccc23)c2ccc3c(c2)c2ccccc2n3-c2ccccc2)c2ccccc2-c2ccccc21. The fourth-order valence-electron chi connectivity index (χ4n) is 9.07. The molecule has 250 valence electrons. The van der Waals surface area contributed by atoms with E-state index >= 15 is 0 Å². The highest BCUT2D eigenvalue weighted by Crippen LogP contribution is 2.55. The lowest BCUT2D eigenvalue weighted by Gasteiger charge is -2.35. The average molecular weight is 679 g/mol. The summed E-state index contributed by atoms with van der Waals surface area (Å²) in [5.41, 5.74) is 14.6. The molecule has 10 aromatic rings. The van der Waals surface area contributed by atoms with Crippen LogP contribution in [0.2, 0.25) is 0 Å². The molecule has 0 radical (unpaired) electrons. The predicted octanol–water partition coefficient (Wildman–Crippen LogP) is 13.5. The van der Waals surface area contributed by atoms with Gasteiger partial charge in [0.1, 0.15) is 11.2 Å². The number of hydrogen-bond acceptors (Lipinski definition) is 2. The molecule has 0 N–H and O–H groups in total. The Bertz CT molecular complexity index is 2990. The molecule has 11 rings (SSSR count). The van der Waals surface area contributed by atoms with Crippen LogP contribution in [0.15, 0.2) is 192 Å². The van der Waals surface area contributed by atoms with E-state index in [1.807, 2.05) is 12.1 Å². The van der Waals surface area contributed by atoms with Crippen molar-refractivity contribution >= 4 is 60.8 Å². The van der Waals surface area contributed by atoms with Crippen molar-refractivity contribution in [3.05, 3.63) is 205 Å². The lowest BCUT2D eigenvalue weighted by molar-refractivity contribution is 0.669. The Hall–Kier alpha value is -6.84. The Kier molecular flexibility index (Phi) is 6.38. The minimum Gasteiger partial charge on any atom is -0.456 e. The van der Waals surface area contributed by atoms with Crippen LogP contribution in [0.1, 0.15) is 23.6 Å². The van der Waals surface area contributed by atoms with Gasteiger partial charge in [-0.1, -0.05) is 121 Å². The van der Waals surface area contributed by atoms with Gasteiger partial charge in [-0.05, 0) is 95.4 Å². The van der Waals surface area contributed by atoms with Crippen molar-refractivity contribution in [2.75, 3.05) is 4.90 Å². The normalized spacial score (nSPS) is 13.2. The number of para-hydroxylation sites is 4. The van der Waals surface area contributed by atoms with Crippen molar-refractivity contribution < 1.29 is 4.42 Å². The fraction of sp³-hybridized carbons (Fsp3) is 0.0400. The zero-order valence-corrected chi connectivity index (χ0v) is 29.2. The number of rotatable bonds is 5. The Morgan fingerprint density at radius 1 is 0.434 bits per heavy atom. The first kappa shape index (κ1) is 29.8. The number of hydrogen-bond donors (Lipinski definition) is 0. The van der Waals surface area contributed by atoms with E-state index in [0.717, 1.165) is 44.7 Å². The number of furan rings is 1. The summed E-state index contributed by atoms with van der Waals surface area (Å²) in [6.45, 7) is 2.40. The van der Waals surface area contributed by atoms with E-state index in [1.165, 1.54) is 49.6 Å². The number of aromatic nitrogens is 1. The molecular weight excluding hydrogens is 645 g/mol. The van der Waals surface area contributed by atoms with Gasteiger partial charge in [0.15, 0.2) is 0 Å². The third-order valence-corrected chi connectivity index (χ3v) is 11.5. The molecule has 0 atom stereocenters. The second kappa shape index (κ2) is 11.3. The lowest BCUT2D eigenvalue weighted by Crippen LogP contribution is -2.25. The maximum absolute atomic E-state index is 6.51. The van der Waals surface area contributed by atoms with Crippen LogP contribution in [-0.2, 0) is 5.41 Å². The highest BCUT2D eigenvalue weighted by molar-refractivity contribution is 6.11. The molecule has 0 fully saturated rings. The first-order valence-electron chi connectivity index (χ1n) is 18.3. The second-order valence-corrected chi connectivity index (χ2v) is 14.2. The largest absolute Gasteiger partial charge is 0.456 e. The Labute approximate surface area is 307 Å². The van der Waals surface area contributed by atoms with Gasteiger partial charge in [-0.2, -0.15) is 0 Å². The van der Waals surface area contributed by atoms with Crippen molar-refractivity contribution in [1.82, 2.24) is 4.57 Å². The van der Waals surface area contributed by atoms with E-state index in [4.69, 9.17) is 4.42 Å². The molecule has 2 aromatic heterocycles. The Morgan fingerprint density at radius 2 is 1.00 bits per heavy atom. The lowest BCUT2D eigenvalue weighted by atomic mass is 9.73. The molecule has 8 aromatic carbocycles. The number of nitrogens with zero attached hydrogens (tertiary/aromatic N) is 2. The summed E-state index contributed by atoms with van der Waals surface area (Å²) in [4.78, 5) is 2.44. The van der Waals surface area contributed by atoms with Crippen LogP contribution in [0.5, 0.6) is 0 Å². The van der Waals surface area contributed by atoms with E-state index in [0.29, 0.717) is 0 Å². The molecule has 0 amide bonds. The van der Waals surface area contributed by atoms with Gasteiger partial charge < -0.3 is 13.9 Å². The zero-order chi connectivity index (χ0) is 35.1. The molecule has 3 heteroatoms. The number of fused-ring (bicyclic) bond motifs is 9. The maximum atomic E-state index is 6.51. The van der Waals surface area contributed by atoms with Gasteiger partial charge in [0.25, 0.3) is 0 Å². The van der Waals surface area contributed by atoms with Crippen LogP contribution in [0, 0.1) is 0 Å². The van der Waals surface area contributed by atoms with Gasteiger partial charge in [0.05, 0.1) is 16.7 Å². The number of anilines is 3. The maximum Gasteiger partial charge on any atom is 0.137 e. The van der Waals surface area contributed by atoms with Crippen LogP contribution >= 0.6 is 0 Å². The van der Waals surface area contributed by atoms with Crippen molar-refractivity contribution in [2.45, 2.75) is 12.3 Å². The topological polar surface area (TPSA) is 21.3 Å². The molecule has 1 aliphatic rings. The molecule has 0 bridgehead atoms. The van der Waals surface area contributed by atoms with Crippen molar-refractivity contribution in [2.24, 2.45) is 0 Å². The number of benzene rings is 8. The van der Waals surface area contributed by atoms with Crippen molar-refractivity contribution in [3.63, 3.8) is 0 Å². The standard InChI is InChI=1S/C50H34N2O/c1-50(42-21-9-5-17-36(42)37-18-6-10-22-43(37)50)44-23-11-13-25-47(44)51(35-27-29-40-39-20-8-14-26-48(39)53-49(40)32-35)34-28-30-46-41(31-34)38-19-7-12-24-45(38)52(46)33-15-3-2-4-16-33/h2-32H,1H3. The summed E-state index contributed by atoms with van der Waals surface area (Å²) in [6.07, 6.45) is 0. The molecule has 0 aliphatic heterocycles. The van der Waals surface area contributed by atoms with Crippen LogP contribution in [0.4, 0.5) is 17.1 Å². The molecule has 0 unspecified atom stereocenters. The van der Waals surface area contributed by atoms with E-state index in [-0.39, 0.29) is 5.41 Å². The third kappa shape index (κ3) is 4.28. The van der Waals surface area contributed by atoms with Crippen molar-refractivity contribution in [1.29, 1.82) is 0 Å². The van der Waals surface area contributed by atoms with Crippen LogP contribution in [-0.4, -0.2) is 4.57 Å². The van der Waals surface area contributed by atoms with Gasteiger partial charge >= 0.3 is 0 Å². The molecule has 53 heavy (non-hydrogen) atoms. The summed E-state index contributed by atoms with van der Waals surface area (Å²) < 4.78 is 8.88. The minimum absolute atomic E-state index is 0.390. The van der Waals surface area contributed by atoms with E-state index in [9.17, 15) is 0 Å². The predicted molar refractivity (Wildman–Crippen MR) is 220 cm³/mol. The monoisotopic (exact) mass is 678 g/mol. The molecule has 3 nitrogen and oxygen atoms in total. The quantitative estimate of drug-likeness (QED) is 0.181. The molecule has 0 saturated carbocycles. The van der Waals surface area contributed by atoms with E-state index in [1.54, 1.807) is 0 Å². The van der Waals surface area contributed by atoms with Gasteiger partial charge in [0.2, 0.25) is 0 Å². The van der Waals surface area contributed by atoms with Gasteiger partial charge in [0, 0.05) is 50.1 Å². The highest BCUT2D eigenvalue weighted by Gasteiger charge is 2.42. The van der Waals surface area contributed by atoms with E-state index < -0.39 is 0 Å². The first-order valence-corrected chi connectivity index (χ1v) is 18.3. The molecule has 0 spiro atoms.